The van der Waals surface area contributed by atoms with Gasteiger partial charge in [0.2, 0.25) is 0 Å². The molecule has 0 spiro atoms. The Hall–Kier alpha value is -3.02. The fraction of sp³-hybridized carbons (Fsp3) is 0.462. The van der Waals surface area contributed by atoms with E-state index in [1.807, 2.05) is 0 Å². The summed E-state index contributed by atoms with van der Waals surface area (Å²) in [5.74, 6) is 2.50. The van der Waals surface area contributed by atoms with E-state index in [2.05, 4.69) is 0 Å². The molecule has 2 aromatic carbocycles. The van der Waals surface area contributed by atoms with Crippen LogP contribution in [-0.2, 0) is 9.47 Å². The zero-order valence-corrected chi connectivity index (χ0v) is 18.4. The molecular formula is C26H28O6. The first kappa shape index (κ1) is 20.9. The smallest absolute Gasteiger partial charge is 0.338 e. The minimum Gasteiger partial charge on any atom is -0.497 e. The van der Waals surface area contributed by atoms with Crippen molar-refractivity contribution in [2.24, 2.45) is 23.7 Å². The number of hydrogen-bond acceptors (Lipinski definition) is 6. The Morgan fingerprint density at radius 1 is 0.719 bits per heavy atom. The Morgan fingerprint density at radius 2 is 1.25 bits per heavy atom. The summed E-state index contributed by atoms with van der Waals surface area (Å²) >= 11 is 0. The average Bonchev–Trinajstić information content (AvgIpc) is 3.53. The molecule has 3 fully saturated rings. The van der Waals surface area contributed by atoms with E-state index >= 15 is 0 Å². The van der Waals surface area contributed by atoms with Gasteiger partial charge in [-0.3, -0.25) is 0 Å². The van der Waals surface area contributed by atoms with Gasteiger partial charge in [-0.25, -0.2) is 9.59 Å². The number of ether oxygens (including phenoxy) is 4. The largest absolute Gasteiger partial charge is 0.497 e. The molecule has 6 nitrogen and oxygen atoms in total. The molecule has 6 unspecified atom stereocenters. The van der Waals surface area contributed by atoms with Gasteiger partial charge in [0, 0.05) is 5.92 Å². The van der Waals surface area contributed by atoms with Gasteiger partial charge in [-0.05, 0) is 92.0 Å². The van der Waals surface area contributed by atoms with Crippen molar-refractivity contribution in [3.05, 3.63) is 59.7 Å². The number of carbonyl (C=O) groups excluding carboxylic acids is 2. The van der Waals surface area contributed by atoms with E-state index in [0.29, 0.717) is 40.4 Å². The van der Waals surface area contributed by atoms with Gasteiger partial charge in [-0.1, -0.05) is 0 Å². The van der Waals surface area contributed by atoms with E-state index in [0.717, 1.165) is 6.42 Å². The Morgan fingerprint density at radius 3 is 1.81 bits per heavy atom. The lowest BCUT2D eigenvalue weighted by atomic mass is 9.81. The van der Waals surface area contributed by atoms with Crippen LogP contribution >= 0.6 is 0 Å². The molecule has 2 aromatic rings. The van der Waals surface area contributed by atoms with Gasteiger partial charge in [-0.15, -0.1) is 0 Å². The molecule has 0 aliphatic heterocycles. The summed E-state index contributed by atoms with van der Waals surface area (Å²) < 4.78 is 22.3. The highest BCUT2D eigenvalue weighted by Crippen LogP contribution is 2.60. The fourth-order valence-electron chi connectivity index (χ4n) is 6.09. The predicted molar refractivity (Wildman–Crippen MR) is 117 cm³/mol. The summed E-state index contributed by atoms with van der Waals surface area (Å²) in [5, 5.41) is 0. The second-order valence-corrected chi connectivity index (χ2v) is 9.08. The van der Waals surface area contributed by atoms with Gasteiger partial charge in [0.05, 0.1) is 25.3 Å². The lowest BCUT2D eigenvalue weighted by Crippen LogP contribution is -2.37. The van der Waals surface area contributed by atoms with Gasteiger partial charge >= 0.3 is 11.9 Å². The molecule has 6 atom stereocenters. The summed E-state index contributed by atoms with van der Waals surface area (Å²) in [4.78, 5) is 25.8. The zero-order chi connectivity index (χ0) is 22.2. The molecule has 0 N–H and O–H groups in total. The first-order chi connectivity index (χ1) is 15.6. The summed E-state index contributed by atoms with van der Waals surface area (Å²) in [5.41, 5.74) is 0.934. The second-order valence-electron chi connectivity index (χ2n) is 9.08. The minimum absolute atomic E-state index is 0.268. The molecule has 168 valence electrons. The summed E-state index contributed by atoms with van der Waals surface area (Å²) in [6, 6.07) is 13.7. The number of hydrogen-bond donors (Lipinski definition) is 0. The van der Waals surface area contributed by atoms with Crippen molar-refractivity contribution in [3.8, 4) is 11.5 Å². The van der Waals surface area contributed by atoms with Crippen molar-refractivity contribution in [1.29, 1.82) is 0 Å². The van der Waals surface area contributed by atoms with Crippen molar-refractivity contribution >= 4 is 11.9 Å². The van der Waals surface area contributed by atoms with Crippen molar-refractivity contribution in [2.45, 2.75) is 37.9 Å². The molecule has 3 saturated carbocycles. The summed E-state index contributed by atoms with van der Waals surface area (Å²) in [7, 11) is 3.17. The lowest BCUT2D eigenvalue weighted by Gasteiger charge is -2.29. The maximum absolute atomic E-state index is 12.9. The molecular weight excluding hydrogens is 408 g/mol. The lowest BCUT2D eigenvalue weighted by molar-refractivity contribution is -0.0416. The number of fused-ring (bicyclic) bond motifs is 5. The number of esters is 2. The van der Waals surface area contributed by atoms with Crippen LogP contribution in [0.2, 0.25) is 0 Å². The van der Waals surface area contributed by atoms with Crippen molar-refractivity contribution in [1.82, 2.24) is 0 Å². The van der Waals surface area contributed by atoms with E-state index in [1.54, 1.807) is 62.8 Å². The van der Waals surface area contributed by atoms with Crippen molar-refractivity contribution < 1.29 is 28.5 Å². The average molecular weight is 437 g/mol. The quantitative estimate of drug-likeness (QED) is 0.620. The highest BCUT2D eigenvalue weighted by atomic mass is 16.6. The SMILES string of the molecule is COc1ccc(C(=O)OC2CC3C4CCC(C4)C3C2OC(=O)c2ccc(OC)cc2)cc1. The molecule has 0 aromatic heterocycles. The van der Waals surface area contributed by atoms with Gasteiger partial charge in [0.25, 0.3) is 0 Å². The molecule has 3 aliphatic carbocycles. The van der Waals surface area contributed by atoms with Gasteiger partial charge < -0.3 is 18.9 Å². The number of methoxy groups -OCH3 is 2. The zero-order valence-electron chi connectivity index (χ0n) is 18.4. The van der Waals surface area contributed by atoms with E-state index in [9.17, 15) is 9.59 Å². The van der Waals surface area contributed by atoms with Crippen molar-refractivity contribution in [3.63, 3.8) is 0 Å². The van der Waals surface area contributed by atoms with E-state index in [4.69, 9.17) is 18.9 Å². The third-order valence-electron chi connectivity index (χ3n) is 7.56. The highest BCUT2D eigenvalue weighted by molar-refractivity contribution is 5.90. The van der Waals surface area contributed by atoms with Crippen LogP contribution in [0, 0.1) is 23.7 Å². The van der Waals surface area contributed by atoms with E-state index in [1.165, 1.54) is 19.3 Å². The highest BCUT2D eigenvalue weighted by Gasteiger charge is 2.59. The van der Waals surface area contributed by atoms with Crippen LogP contribution in [-0.4, -0.2) is 38.4 Å². The Bertz CT molecular complexity index is 982. The van der Waals surface area contributed by atoms with Crippen LogP contribution in [0.15, 0.2) is 48.5 Å². The summed E-state index contributed by atoms with van der Waals surface area (Å²) in [6.45, 7) is 0. The molecule has 0 saturated heterocycles. The Kier molecular flexibility index (Phi) is 5.53. The normalized spacial score (nSPS) is 29.9. The number of rotatable bonds is 6. The first-order valence-electron chi connectivity index (χ1n) is 11.3. The van der Waals surface area contributed by atoms with E-state index in [-0.39, 0.29) is 11.9 Å². The van der Waals surface area contributed by atoms with Crippen LogP contribution < -0.4 is 9.47 Å². The summed E-state index contributed by atoms with van der Waals surface area (Å²) in [6.07, 6.45) is 3.52. The molecule has 3 aliphatic rings. The molecule has 6 heteroatoms. The maximum Gasteiger partial charge on any atom is 0.338 e. The fourth-order valence-corrected chi connectivity index (χ4v) is 6.09. The van der Waals surface area contributed by atoms with Crippen LogP contribution in [0.25, 0.3) is 0 Å². The van der Waals surface area contributed by atoms with Crippen molar-refractivity contribution in [2.75, 3.05) is 14.2 Å². The Balaban J connectivity index is 1.34. The van der Waals surface area contributed by atoms with Crippen LogP contribution in [0.5, 0.6) is 11.5 Å². The molecule has 0 radical (unpaired) electrons. The van der Waals surface area contributed by atoms with Crippen LogP contribution in [0.3, 0.4) is 0 Å². The second kappa shape index (κ2) is 8.49. The Labute approximate surface area is 187 Å². The number of benzene rings is 2. The third-order valence-corrected chi connectivity index (χ3v) is 7.56. The predicted octanol–water partition coefficient (Wildman–Crippen LogP) is 4.52. The first-order valence-corrected chi connectivity index (χ1v) is 11.3. The standard InChI is InChI=1S/C26H28O6/c1-29-19-9-5-15(6-10-19)25(27)31-22-14-21-17-3-4-18(13-17)23(21)24(22)32-26(28)16-7-11-20(30-2)12-8-16/h5-12,17-18,21-24H,3-4,13-14H2,1-2H3. The van der Waals surface area contributed by atoms with Gasteiger partial charge in [-0.2, -0.15) is 0 Å². The topological polar surface area (TPSA) is 71.1 Å². The molecule has 0 heterocycles. The molecule has 0 amide bonds. The molecule has 2 bridgehead atoms. The van der Waals surface area contributed by atoms with Gasteiger partial charge in [0.1, 0.15) is 23.7 Å². The third kappa shape index (κ3) is 3.72. The molecule has 5 rings (SSSR count). The molecule has 32 heavy (non-hydrogen) atoms. The minimum atomic E-state index is -0.426. The number of carbonyl (C=O) groups is 2. The van der Waals surface area contributed by atoms with E-state index < -0.39 is 18.2 Å². The maximum atomic E-state index is 12.9. The van der Waals surface area contributed by atoms with Crippen LogP contribution in [0.4, 0.5) is 0 Å². The van der Waals surface area contributed by atoms with Gasteiger partial charge in [0.15, 0.2) is 0 Å². The van der Waals surface area contributed by atoms with Crippen LogP contribution in [0.1, 0.15) is 46.4 Å². The monoisotopic (exact) mass is 436 g/mol.